The lowest BCUT2D eigenvalue weighted by atomic mass is 10.1. The number of hydrogen-bond acceptors (Lipinski definition) is 7. The average molecular weight is 412 g/mol. The molecule has 1 atom stereocenters. The van der Waals surface area contributed by atoms with Crippen molar-refractivity contribution in [3.8, 4) is 17.1 Å². The molecule has 0 aliphatic rings. The molecule has 1 amide bonds. The van der Waals surface area contributed by atoms with Crippen molar-refractivity contribution in [2.75, 3.05) is 19.5 Å². The molecule has 0 fully saturated rings. The van der Waals surface area contributed by atoms with Crippen LogP contribution in [0, 0.1) is 0 Å². The Balaban J connectivity index is 1.86. The Bertz CT molecular complexity index is 1190. The third-order valence-electron chi connectivity index (χ3n) is 4.64. The highest BCUT2D eigenvalue weighted by Crippen LogP contribution is 2.33. The molecule has 0 radical (unpaired) electrons. The van der Waals surface area contributed by atoms with Gasteiger partial charge in [0.2, 0.25) is 11.9 Å². The Morgan fingerprint density at radius 3 is 3.00 bits per heavy atom. The lowest BCUT2D eigenvalue weighted by Crippen LogP contribution is -2.38. The van der Waals surface area contributed by atoms with E-state index >= 15 is 0 Å². The van der Waals surface area contributed by atoms with Gasteiger partial charge in [0.05, 0.1) is 18.2 Å². The van der Waals surface area contributed by atoms with E-state index in [4.69, 9.17) is 16.1 Å². The number of amides is 1. The maximum Gasteiger partial charge on any atom is 0.242 e. The summed E-state index contributed by atoms with van der Waals surface area (Å²) in [6, 6.07) is 7.16. The zero-order chi connectivity index (χ0) is 21.1. The minimum Gasteiger partial charge on any atom is -0.495 e. The Morgan fingerprint density at radius 2 is 2.21 bits per heavy atom. The van der Waals surface area contributed by atoms with Crippen LogP contribution in [0.1, 0.15) is 21.1 Å². The molecule has 0 spiro atoms. The fourth-order valence-electron chi connectivity index (χ4n) is 3.21. The number of nitrogens with zero attached hydrogens (tertiary/aromatic N) is 4. The lowest BCUT2D eigenvalue weighted by molar-refractivity contribution is -0.121. The molecule has 4 rings (SSSR count). The van der Waals surface area contributed by atoms with E-state index in [0.29, 0.717) is 29.6 Å². The van der Waals surface area contributed by atoms with E-state index in [9.17, 15) is 4.79 Å². The number of fused-ring (bicyclic) bond motifs is 3. The summed E-state index contributed by atoms with van der Waals surface area (Å²) in [5.41, 5.74) is 2.20. The van der Waals surface area contributed by atoms with Gasteiger partial charge < -0.3 is 15.4 Å². The highest BCUT2D eigenvalue weighted by molar-refractivity contribution is 7.08. The summed E-state index contributed by atoms with van der Waals surface area (Å²) >= 11 is 1.51. The third kappa shape index (κ3) is 3.49. The number of thiophene rings is 1. The molecule has 3 heterocycles. The molecule has 29 heavy (non-hydrogen) atoms. The quantitative estimate of drug-likeness (QED) is 0.484. The number of rotatable bonds is 7. The smallest absolute Gasteiger partial charge is 0.242 e. The van der Waals surface area contributed by atoms with Crippen molar-refractivity contribution in [2.45, 2.75) is 25.8 Å². The number of methoxy groups -OCH3 is 1. The van der Waals surface area contributed by atoms with Crippen LogP contribution in [0.25, 0.3) is 27.9 Å². The number of hydrogen-bond donors (Lipinski definition) is 2. The highest BCUT2D eigenvalue weighted by atomic mass is 32.1. The fraction of sp³-hybridized carbons (Fsp3) is 0.300. The first-order chi connectivity index (χ1) is 14.7. The predicted octanol–water partition coefficient (Wildman–Crippen LogP) is 3.34. The minimum absolute atomic E-state index is 0.174. The van der Waals surface area contributed by atoms with E-state index in [-0.39, 0.29) is 12.9 Å². The second-order valence-electron chi connectivity index (χ2n) is 6.50. The summed E-state index contributed by atoms with van der Waals surface area (Å²) < 4.78 is 14.3. The van der Waals surface area contributed by atoms with E-state index in [0.717, 1.165) is 22.9 Å². The number of para-hydroxylation sites is 1. The molecular formula is C20H22N6O2S. The van der Waals surface area contributed by atoms with Crippen molar-refractivity contribution < 1.29 is 10.9 Å². The van der Waals surface area contributed by atoms with E-state index in [1.165, 1.54) is 11.3 Å². The normalized spacial score (nSPS) is 12.7. The number of ether oxygens (including phenoxy) is 1. The van der Waals surface area contributed by atoms with Crippen LogP contribution < -0.4 is 15.4 Å². The molecule has 9 heteroatoms. The Morgan fingerprint density at radius 1 is 1.34 bits per heavy atom. The van der Waals surface area contributed by atoms with Gasteiger partial charge >= 0.3 is 0 Å². The van der Waals surface area contributed by atoms with Gasteiger partial charge in [-0.3, -0.25) is 4.79 Å². The van der Waals surface area contributed by atoms with Gasteiger partial charge in [-0.05, 0) is 18.6 Å². The Kier molecular flexibility index (Phi) is 4.95. The van der Waals surface area contributed by atoms with Crippen molar-refractivity contribution in [1.29, 1.82) is 0 Å². The molecule has 0 aliphatic heterocycles. The average Bonchev–Trinajstić information content (AvgIpc) is 3.40. The van der Waals surface area contributed by atoms with Gasteiger partial charge in [-0.1, -0.05) is 25.5 Å². The van der Waals surface area contributed by atoms with Crippen LogP contribution in [-0.4, -0.2) is 45.7 Å². The van der Waals surface area contributed by atoms with E-state index in [2.05, 4.69) is 15.7 Å². The monoisotopic (exact) mass is 411 g/mol. The van der Waals surface area contributed by atoms with Gasteiger partial charge in [0, 0.05) is 24.5 Å². The highest BCUT2D eigenvalue weighted by Gasteiger charge is 2.21. The standard InChI is InChI=1S/C20H22N6O2S/c1-4-7-15(19(27)21-2)23-20-22-14-9-6-5-8-12(14)18-24-17(25-26(18)20)13-10-29-11-16(13)28-3/h5-6,8-11,15H,4,7H2,1-3H3,(H,21,27)(H,22,23)/t15-/m0/s1/i2D. The molecule has 0 saturated carbocycles. The number of aromatic nitrogens is 4. The largest absolute Gasteiger partial charge is 0.495 e. The molecule has 3 aromatic heterocycles. The molecule has 8 nitrogen and oxygen atoms in total. The summed E-state index contributed by atoms with van der Waals surface area (Å²) in [5, 5.41) is 15.1. The second-order valence-corrected chi connectivity index (χ2v) is 7.25. The van der Waals surface area contributed by atoms with E-state index < -0.39 is 6.04 Å². The first kappa shape index (κ1) is 17.9. The van der Waals surface area contributed by atoms with Crippen LogP contribution >= 0.6 is 11.3 Å². The molecule has 0 unspecified atom stereocenters. The molecule has 1 aromatic carbocycles. The number of likely N-dealkylation sites (N-methyl/N-ethyl adjacent to an activating group) is 1. The molecular weight excluding hydrogens is 388 g/mol. The van der Waals surface area contributed by atoms with Crippen molar-refractivity contribution in [2.24, 2.45) is 0 Å². The van der Waals surface area contributed by atoms with Gasteiger partial charge in [-0.2, -0.15) is 4.52 Å². The van der Waals surface area contributed by atoms with Gasteiger partial charge in [-0.15, -0.1) is 16.4 Å². The summed E-state index contributed by atoms with van der Waals surface area (Å²) in [5.74, 6) is 1.42. The van der Waals surface area contributed by atoms with Gasteiger partial charge in [0.25, 0.3) is 0 Å². The van der Waals surface area contributed by atoms with Crippen LogP contribution in [0.3, 0.4) is 0 Å². The fourth-order valence-corrected chi connectivity index (χ4v) is 3.98. The number of carbonyl (C=O) groups is 1. The van der Waals surface area contributed by atoms with Crippen LogP contribution in [0.2, 0.25) is 0 Å². The van der Waals surface area contributed by atoms with Crippen molar-refractivity contribution in [3.63, 3.8) is 0 Å². The number of benzene rings is 1. The molecule has 4 aromatic rings. The zero-order valence-electron chi connectivity index (χ0n) is 17.2. The first-order valence-corrected chi connectivity index (χ1v) is 10.2. The molecule has 0 saturated heterocycles. The third-order valence-corrected chi connectivity index (χ3v) is 5.36. The zero-order valence-corrected chi connectivity index (χ0v) is 17.0. The van der Waals surface area contributed by atoms with Crippen LogP contribution in [-0.2, 0) is 4.79 Å². The Hall–Kier alpha value is -3.20. The summed E-state index contributed by atoms with van der Waals surface area (Å²) in [7, 11) is 1.44. The van der Waals surface area contributed by atoms with Gasteiger partial charge in [-0.25, -0.2) is 9.97 Å². The molecule has 0 bridgehead atoms. The van der Waals surface area contributed by atoms with Crippen LogP contribution in [0.4, 0.5) is 5.95 Å². The molecule has 2 N–H and O–H groups in total. The summed E-state index contributed by atoms with van der Waals surface area (Å²) in [4.78, 5) is 21.9. The minimum atomic E-state index is -0.527. The number of carbonyl (C=O) groups excluding carboxylic acids is 1. The maximum absolute atomic E-state index is 12.4. The van der Waals surface area contributed by atoms with Crippen LogP contribution in [0.15, 0.2) is 35.0 Å². The first-order valence-electron chi connectivity index (χ1n) is 9.96. The maximum atomic E-state index is 12.4. The molecule has 0 aliphatic carbocycles. The van der Waals surface area contributed by atoms with E-state index in [1.54, 1.807) is 11.6 Å². The number of nitrogens with one attached hydrogen (secondary N) is 2. The SMILES string of the molecule is [2H]CNC(=O)[C@H](CCC)Nc1nc2ccccc2c2nc(-c3cscc3OC)nn12. The number of anilines is 1. The summed E-state index contributed by atoms with van der Waals surface area (Å²) in [6.07, 6.45) is 1.40. The second kappa shape index (κ2) is 8.04. The van der Waals surface area contributed by atoms with Crippen molar-refractivity contribution >= 4 is 39.7 Å². The topological polar surface area (TPSA) is 93.4 Å². The molecule has 150 valence electrons. The van der Waals surface area contributed by atoms with Gasteiger partial charge in [0.1, 0.15) is 11.8 Å². The van der Waals surface area contributed by atoms with E-state index in [1.807, 2.05) is 41.9 Å². The van der Waals surface area contributed by atoms with Crippen molar-refractivity contribution in [3.05, 3.63) is 35.0 Å². The summed E-state index contributed by atoms with van der Waals surface area (Å²) in [6.45, 7) is 2.00. The van der Waals surface area contributed by atoms with Crippen LogP contribution in [0.5, 0.6) is 5.75 Å². The predicted molar refractivity (Wildman–Crippen MR) is 115 cm³/mol. The van der Waals surface area contributed by atoms with Crippen molar-refractivity contribution in [1.82, 2.24) is 24.9 Å². The Labute approximate surface area is 173 Å². The van der Waals surface area contributed by atoms with Gasteiger partial charge in [0.15, 0.2) is 11.5 Å². The lowest BCUT2D eigenvalue weighted by Gasteiger charge is -2.17.